The predicted molar refractivity (Wildman–Crippen MR) is 90.6 cm³/mol. The Balaban J connectivity index is 1.39. The summed E-state index contributed by atoms with van der Waals surface area (Å²) in [6, 6.07) is 8.78. The standard InChI is InChI=1S/C18H20F2N4O2/c1-12(15(25)24-10-9-17(11-24)7-8-18(17,19)20)21-16-23-22-14(26-16)13-5-3-2-4-6-13/h2-6,12H,7-11H2,1H3,(H,21,23)/t12-,17-/m0/s1. The number of halogens is 2. The molecule has 0 unspecified atom stereocenters. The number of nitrogens with zero attached hydrogens (tertiary/aromatic N) is 3. The first-order chi connectivity index (χ1) is 12.4. The van der Waals surface area contributed by atoms with Gasteiger partial charge in [-0.05, 0) is 31.9 Å². The van der Waals surface area contributed by atoms with Gasteiger partial charge in [0.25, 0.3) is 5.92 Å². The zero-order valence-electron chi connectivity index (χ0n) is 14.4. The van der Waals surface area contributed by atoms with Gasteiger partial charge < -0.3 is 14.6 Å². The van der Waals surface area contributed by atoms with E-state index in [0.29, 0.717) is 25.3 Å². The number of benzene rings is 1. The Labute approximate surface area is 149 Å². The molecule has 1 amide bonds. The molecular formula is C18H20F2N4O2. The molecule has 1 spiro atoms. The van der Waals surface area contributed by atoms with Crippen LogP contribution in [0.1, 0.15) is 26.2 Å². The zero-order chi connectivity index (χ0) is 18.4. The molecule has 138 valence electrons. The molecule has 0 bridgehead atoms. The quantitative estimate of drug-likeness (QED) is 0.904. The number of amides is 1. The number of carbonyl (C=O) groups excluding carboxylic acids is 1. The van der Waals surface area contributed by atoms with E-state index in [1.807, 2.05) is 30.3 Å². The second-order valence-electron chi connectivity index (χ2n) is 7.14. The second-order valence-corrected chi connectivity index (χ2v) is 7.14. The first-order valence-electron chi connectivity index (χ1n) is 8.72. The molecule has 2 aliphatic rings. The van der Waals surface area contributed by atoms with Crippen molar-refractivity contribution in [1.82, 2.24) is 15.1 Å². The van der Waals surface area contributed by atoms with Gasteiger partial charge in [0.05, 0.1) is 5.41 Å². The molecule has 26 heavy (non-hydrogen) atoms. The molecule has 0 radical (unpaired) electrons. The third kappa shape index (κ3) is 2.73. The SMILES string of the molecule is C[C@H](Nc1nnc(-c2ccccc2)o1)C(=O)N1CC[C@@]2(CCC2(F)F)C1. The van der Waals surface area contributed by atoms with Crippen molar-refractivity contribution in [2.24, 2.45) is 5.41 Å². The molecule has 8 heteroatoms. The Hall–Kier alpha value is -2.51. The summed E-state index contributed by atoms with van der Waals surface area (Å²) < 4.78 is 33.3. The van der Waals surface area contributed by atoms with Gasteiger partial charge in [0.1, 0.15) is 6.04 Å². The van der Waals surface area contributed by atoms with Crippen LogP contribution >= 0.6 is 0 Å². The van der Waals surface area contributed by atoms with Crippen LogP contribution in [0.5, 0.6) is 0 Å². The van der Waals surface area contributed by atoms with E-state index in [1.165, 1.54) is 4.90 Å². The minimum atomic E-state index is -2.66. The Morgan fingerprint density at radius 3 is 2.62 bits per heavy atom. The lowest BCUT2D eigenvalue weighted by Crippen LogP contribution is -2.53. The van der Waals surface area contributed by atoms with Crippen molar-refractivity contribution < 1.29 is 18.0 Å². The minimum Gasteiger partial charge on any atom is -0.403 e. The topological polar surface area (TPSA) is 71.3 Å². The van der Waals surface area contributed by atoms with Gasteiger partial charge in [0, 0.05) is 25.1 Å². The lowest BCUT2D eigenvalue weighted by Gasteiger charge is -2.46. The average Bonchev–Trinajstić information content (AvgIpc) is 3.29. The van der Waals surface area contributed by atoms with Crippen LogP contribution < -0.4 is 5.32 Å². The number of anilines is 1. The maximum atomic E-state index is 13.9. The van der Waals surface area contributed by atoms with E-state index in [1.54, 1.807) is 6.92 Å². The molecule has 4 rings (SSSR count). The number of nitrogens with one attached hydrogen (secondary N) is 1. The minimum absolute atomic E-state index is 0.0763. The average molecular weight is 362 g/mol. The van der Waals surface area contributed by atoms with Crippen LogP contribution in [0.25, 0.3) is 11.5 Å². The second kappa shape index (κ2) is 6.03. The molecule has 2 fully saturated rings. The first-order valence-corrected chi connectivity index (χ1v) is 8.72. The smallest absolute Gasteiger partial charge is 0.316 e. The highest BCUT2D eigenvalue weighted by Crippen LogP contribution is 2.58. The molecule has 6 nitrogen and oxygen atoms in total. The highest BCUT2D eigenvalue weighted by Gasteiger charge is 2.64. The molecular weight excluding hydrogens is 342 g/mol. The largest absolute Gasteiger partial charge is 0.403 e. The van der Waals surface area contributed by atoms with E-state index in [2.05, 4.69) is 15.5 Å². The van der Waals surface area contributed by atoms with E-state index in [0.717, 1.165) is 5.56 Å². The molecule has 2 heterocycles. The number of carbonyl (C=O) groups is 1. The third-order valence-electron chi connectivity index (χ3n) is 5.52. The molecule has 1 saturated heterocycles. The number of hydrogen-bond acceptors (Lipinski definition) is 5. The molecule has 1 N–H and O–H groups in total. The fourth-order valence-corrected chi connectivity index (χ4v) is 3.73. The van der Waals surface area contributed by atoms with Gasteiger partial charge in [-0.25, -0.2) is 8.78 Å². The van der Waals surface area contributed by atoms with Crippen LogP contribution in [-0.2, 0) is 4.79 Å². The van der Waals surface area contributed by atoms with Crippen LogP contribution in [0.15, 0.2) is 34.7 Å². The van der Waals surface area contributed by atoms with Crippen molar-refractivity contribution in [3.05, 3.63) is 30.3 Å². The summed E-state index contributed by atoms with van der Waals surface area (Å²) in [5.41, 5.74) is -0.242. The van der Waals surface area contributed by atoms with Crippen molar-refractivity contribution in [1.29, 1.82) is 0 Å². The number of aromatic nitrogens is 2. The number of rotatable bonds is 4. The van der Waals surface area contributed by atoms with E-state index >= 15 is 0 Å². The maximum absolute atomic E-state index is 13.9. The summed E-state index contributed by atoms with van der Waals surface area (Å²) in [5.74, 6) is -2.54. The van der Waals surface area contributed by atoms with Crippen molar-refractivity contribution in [3.8, 4) is 11.5 Å². The monoisotopic (exact) mass is 362 g/mol. The fourth-order valence-electron chi connectivity index (χ4n) is 3.73. The lowest BCUT2D eigenvalue weighted by molar-refractivity contribution is -0.195. The summed E-state index contributed by atoms with van der Waals surface area (Å²) >= 11 is 0. The Morgan fingerprint density at radius 1 is 1.23 bits per heavy atom. The Bertz CT molecular complexity index is 811. The number of likely N-dealkylation sites (tertiary alicyclic amines) is 1. The molecule has 1 aliphatic carbocycles. The van der Waals surface area contributed by atoms with E-state index in [4.69, 9.17) is 4.42 Å². The van der Waals surface area contributed by atoms with Crippen molar-refractivity contribution in [2.45, 2.75) is 38.2 Å². The van der Waals surface area contributed by atoms with Crippen molar-refractivity contribution in [3.63, 3.8) is 0 Å². The maximum Gasteiger partial charge on any atom is 0.316 e. The summed E-state index contributed by atoms with van der Waals surface area (Å²) in [7, 11) is 0. The van der Waals surface area contributed by atoms with Crippen LogP contribution in [0.3, 0.4) is 0 Å². The molecule has 2 atom stereocenters. The van der Waals surface area contributed by atoms with Crippen LogP contribution in [-0.4, -0.2) is 46.1 Å². The zero-order valence-corrected chi connectivity index (χ0v) is 14.4. The first kappa shape index (κ1) is 16.9. The molecule has 1 saturated carbocycles. The lowest BCUT2D eigenvalue weighted by atomic mass is 9.64. The Morgan fingerprint density at radius 2 is 2.00 bits per heavy atom. The third-order valence-corrected chi connectivity index (χ3v) is 5.52. The molecule has 1 aliphatic heterocycles. The van der Waals surface area contributed by atoms with Crippen LogP contribution in [0.4, 0.5) is 14.8 Å². The molecule has 1 aromatic carbocycles. The number of hydrogen-bond donors (Lipinski definition) is 1. The highest BCUT2D eigenvalue weighted by molar-refractivity contribution is 5.84. The number of alkyl halides is 2. The highest BCUT2D eigenvalue weighted by atomic mass is 19.3. The van der Waals surface area contributed by atoms with Crippen LogP contribution in [0, 0.1) is 5.41 Å². The predicted octanol–water partition coefficient (Wildman–Crippen LogP) is 3.18. The molecule has 2 aromatic rings. The van der Waals surface area contributed by atoms with Gasteiger partial charge in [0.15, 0.2) is 0 Å². The van der Waals surface area contributed by atoms with Gasteiger partial charge in [-0.3, -0.25) is 4.79 Å². The fraction of sp³-hybridized carbons (Fsp3) is 0.500. The Kier molecular flexibility index (Phi) is 3.93. The van der Waals surface area contributed by atoms with Crippen molar-refractivity contribution >= 4 is 11.9 Å². The van der Waals surface area contributed by atoms with Crippen molar-refractivity contribution in [2.75, 3.05) is 18.4 Å². The van der Waals surface area contributed by atoms with Gasteiger partial charge in [-0.2, -0.15) is 0 Å². The normalized spacial score (nSPS) is 25.1. The van der Waals surface area contributed by atoms with Gasteiger partial charge in [-0.1, -0.05) is 23.3 Å². The molecule has 1 aromatic heterocycles. The summed E-state index contributed by atoms with van der Waals surface area (Å²) in [6.07, 6.45) is 0.764. The van der Waals surface area contributed by atoms with Gasteiger partial charge in [-0.15, -0.1) is 5.10 Å². The summed E-state index contributed by atoms with van der Waals surface area (Å²) in [5, 5.41) is 10.7. The summed E-state index contributed by atoms with van der Waals surface area (Å²) in [4.78, 5) is 14.1. The summed E-state index contributed by atoms with van der Waals surface area (Å²) in [6.45, 7) is 2.14. The van der Waals surface area contributed by atoms with Crippen LogP contribution in [0.2, 0.25) is 0 Å². The van der Waals surface area contributed by atoms with E-state index in [9.17, 15) is 13.6 Å². The van der Waals surface area contributed by atoms with E-state index < -0.39 is 17.4 Å². The van der Waals surface area contributed by atoms with Gasteiger partial charge >= 0.3 is 6.01 Å². The van der Waals surface area contributed by atoms with Gasteiger partial charge in [0.2, 0.25) is 11.8 Å². The van der Waals surface area contributed by atoms with E-state index in [-0.39, 0.29) is 24.9 Å².